The molecule has 29 heavy (non-hydrogen) atoms. The average Bonchev–Trinajstić information content (AvgIpc) is 3.16. The van der Waals surface area contributed by atoms with E-state index in [-0.39, 0.29) is 34.9 Å². The number of methoxy groups -OCH3 is 2. The number of hydrogen-bond acceptors (Lipinski definition) is 5. The summed E-state index contributed by atoms with van der Waals surface area (Å²) < 4.78 is 10.8. The van der Waals surface area contributed by atoms with Gasteiger partial charge in [-0.05, 0) is 24.3 Å². The minimum absolute atomic E-state index is 0.0989. The molecule has 0 aliphatic carbocycles. The van der Waals surface area contributed by atoms with Gasteiger partial charge in [0, 0.05) is 30.0 Å². The van der Waals surface area contributed by atoms with Crippen molar-refractivity contribution in [3.63, 3.8) is 0 Å². The lowest BCUT2D eigenvalue weighted by atomic mass is 10.0. The van der Waals surface area contributed by atoms with Gasteiger partial charge in [0.25, 0.3) is 11.6 Å². The normalized spacial score (nSPS) is 18.3. The van der Waals surface area contributed by atoms with Gasteiger partial charge in [-0.3, -0.25) is 14.9 Å². The van der Waals surface area contributed by atoms with E-state index < -0.39 is 4.92 Å². The third-order valence-corrected chi connectivity index (χ3v) is 5.35. The molecule has 9 heteroatoms. The van der Waals surface area contributed by atoms with Crippen molar-refractivity contribution in [1.82, 2.24) is 0 Å². The van der Waals surface area contributed by atoms with Crippen molar-refractivity contribution in [2.45, 2.75) is 18.9 Å². The standard InChI is InChI=1S/C20H22ClN3O5/c1-28-14-6-7-15(19(11-14)29-2)17-4-3-9-23(17)12-20(25)22-16-8-5-13(21)10-18(16)24(26)27/h5-8,10-11,17H,3-4,9,12H2,1-2H3,(H,22,25)/p+1/t17-/m0/s1. The van der Waals surface area contributed by atoms with Crippen molar-refractivity contribution >= 4 is 28.9 Å². The van der Waals surface area contributed by atoms with E-state index in [1.54, 1.807) is 14.2 Å². The monoisotopic (exact) mass is 420 g/mol. The number of amides is 1. The Bertz CT molecular complexity index is 921. The van der Waals surface area contributed by atoms with Crippen molar-refractivity contribution in [3.05, 3.63) is 57.1 Å². The molecule has 1 saturated heterocycles. The summed E-state index contributed by atoms with van der Waals surface area (Å²) in [6.07, 6.45) is 1.90. The van der Waals surface area contributed by atoms with Crippen LogP contribution >= 0.6 is 11.6 Å². The molecular formula is C20H23ClN3O5+. The van der Waals surface area contributed by atoms with Crippen molar-refractivity contribution in [2.24, 2.45) is 0 Å². The Labute approximate surface area is 173 Å². The third-order valence-electron chi connectivity index (χ3n) is 5.12. The maximum Gasteiger partial charge on any atom is 0.294 e. The summed E-state index contributed by atoms with van der Waals surface area (Å²) in [5.74, 6) is 1.14. The fraction of sp³-hybridized carbons (Fsp3) is 0.350. The number of halogens is 1. The fourth-order valence-corrected chi connectivity index (χ4v) is 3.93. The molecular weight excluding hydrogens is 398 g/mol. The van der Waals surface area contributed by atoms with Gasteiger partial charge in [0.2, 0.25) is 0 Å². The van der Waals surface area contributed by atoms with E-state index in [9.17, 15) is 14.9 Å². The first-order valence-electron chi connectivity index (χ1n) is 9.23. The molecule has 1 unspecified atom stereocenters. The van der Waals surface area contributed by atoms with Gasteiger partial charge < -0.3 is 19.7 Å². The molecule has 2 atom stereocenters. The van der Waals surface area contributed by atoms with Gasteiger partial charge in [-0.25, -0.2) is 0 Å². The fourth-order valence-electron chi connectivity index (χ4n) is 3.77. The van der Waals surface area contributed by atoms with Gasteiger partial charge in [0.05, 0.1) is 31.3 Å². The Kier molecular flexibility index (Phi) is 6.56. The molecule has 8 nitrogen and oxygen atoms in total. The Morgan fingerprint density at radius 3 is 2.76 bits per heavy atom. The van der Waals surface area contributed by atoms with Crippen LogP contribution in [0.5, 0.6) is 11.5 Å². The lowest BCUT2D eigenvalue weighted by molar-refractivity contribution is -0.910. The quantitative estimate of drug-likeness (QED) is 0.530. The number of nitro groups is 1. The number of carbonyl (C=O) groups excluding carboxylic acids is 1. The predicted molar refractivity (Wildman–Crippen MR) is 109 cm³/mol. The van der Waals surface area contributed by atoms with Crippen LogP contribution in [0.2, 0.25) is 5.02 Å². The van der Waals surface area contributed by atoms with E-state index in [1.165, 1.54) is 18.2 Å². The lowest BCUT2D eigenvalue weighted by Crippen LogP contribution is -3.11. The SMILES string of the molecule is COc1ccc([C@@H]2CCC[NH+]2CC(=O)Nc2ccc(Cl)cc2[N+](=O)[O-])c(OC)c1. The largest absolute Gasteiger partial charge is 0.497 e. The molecule has 1 amide bonds. The van der Waals surface area contributed by atoms with Crippen molar-refractivity contribution in [1.29, 1.82) is 0 Å². The molecule has 3 rings (SSSR count). The average molecular weight is 421 g/mol. The Morgan fingerprint density at radius 2 is 2.07 bits per heavy atom. The summed E-state index contributed by atoms with van der Waals surface area (Å²) in [5.41, 5.74) is 0.934. The molecule has 0 bridgehead atoms. The van der Waals surface area contributed by atoms with Crippen LogP contribution in [-0.2, 0) is 4.79 Å². The maximum absolute atomic E-state index is 12.6. The minimum Gasteiger partial charge on any atom is -0.497 e. The minimum atomic E-state index is -0.560. The molecule has 1 heterocycles. The van der Waals surface area contributed by atoms with Crippen LogP contribution in [0.1, 0.15) is 24.4 Å². The van der Waals surface area contributed by atoms with E-state index in [0.717, 1.165) is 35.6 Å². The maximum atomic E-state index is 12.6. The van der Waals surface area contributed by atoms with E-state index in [4.69, 9.17) is 21.1 Å². The van der Waals surface area contributed by atoms with E-state index in [2.05, 4.69) is 5.32 Å². The molecule has 2 N–H and O–H groups in total. The van der Waals surface area contributed by atoms with Crippen LogP contribution in [0.3, 0.4) is 0 Å². The zero-order valence-corrected chi connectivity index (χ0v) is 17.0. The molecule has 1 aliphatic heterocycles. The second-order valence-corrected chi connectivity index (χ2v) is 7.29. The third kappa shape index (κ3) is 4.78. The summed E-state index contributed by atoms with van der Waals surface area (Å²) >= 11 is 5.83. The van der Waals surface area contributed by atoms with Gasteiger partial charge in [0.15, 0.2) is 6.54 Å². The molecule has 0 aromatic heterocycles. The number of ether oxygens (including phenoxy) is 2. The zero-order valence-electron chi connectivity index (χ0n) is 16.2. The van der Waals surface area contributed by atoms with Crippen LogP contribution < -0.4 is 19.7 Å². The second-order valence-electron chi connectivity index (χ2n) is 6.85. The van der Waals surface area contributed by atoms with E-state index >= 15 is 0 Å². The number of anilines is 1. The van der Waals surface area contributed by atoms with Crippen LogP contribution in [0.25, 0.3) is 0 Å². The number of nitro benzene ring substituents is 1. The summed E-state index contributed by atoms with van der Waals surface area (Å²) in [6, 6.07) is 9.97. The summed E-state index contributed by atoms with van der Waals surface area (Å²) in [6.45, 7) is 1.02. The number of quaternary nitrogens is 1. The topological polar surface area (TPSA) is 95.1 Å². The molecule has 0 radical (unpaired) electrons. The molecule has 2 aromatic rings. The molecule has 2 aromatic carbocycles. The summed E-state index contributed by atoms with van der Waals surface area (Å²) in [4.78, 5) is 24.4. The number of carbonyl (C=O) groups is 1. The number of hydrogen-bond donors (Lipinski definition) is 2. The second kappa shape index (κ2) is 9.11. The Balaban J connectivity index is 1.75. The van der Waals surface area contributed by atoms with E-state index in [0.29, 0.717) is 5.75 Å². The molecule has 154 valence electrons. The number of benzene rings is 2. The molecule has 0 spiro atoms. The van der Waals surface area contributed by atoms with Gasteiger partial charge in [-0.2, -0.15) is 0 Å². The number of rotatable bonds is 7. The number of nitrogens with one attached hydrogen (secondary N) is 2. The first-order valence-corrected chi connectivity index (χ1v) is 9.61. The highest BCUT2D eigenvalue weighted by atomic mass is 35.5. The zero-order chi connectivity index (χ0) is 21.0. The molecule has 0 saturated carbocycles. The van der Waals surface area contributed by atoms with Crippen molar-refractivity contribution in [3.8, 4) is 11.5 Å². The van der Waals surface area contributed by atoms with Crippen LogP contribution in [0.15, 0.2) is 36.4 Å². The van der Waals surface area contributed by atoms with Crippen LogP contribution in [-0.4, -0.2) is 38.1 Å². The predicted octanol–water partition coefficient (Wildman–Crippen LogP) is 2.62. The van der Waals surface area contributed by atoms with Crippen LogP contribution in [0, 0.1) is 10.1 Å². The summed E-state index contributed by atoms with van der Waals surface area (Å²) in [5, 5.41) is 14.1. The number of nitrogens with zero attached hydrogens (tertiary/aromatic N) is 1. The lowest BCUT2D eigenvalue weighted by Gasteiger charge is -2.23. The van der Waals surface area contributed by atoms with Crippen molar-refractivity contribution < 1.29 is 24.1 Å². The highest BCUT2D eigenvalue weighted by molar-refractivity contribution is 6.31. The van der Waals surface area contributed by atoms with Gasteiger partial charge in [-0.1, -0.05) is 11.6 Å². The van der Waals surface area contributed by atoms with E-state index in [1.807, 2.05) is 18.2 Å². The Morgan fingerprint density at radius 1 is 1.28 bits per heavy atom. The first kappa shape index (κ1) is 20.9. The van der Waals surface area contributed by atoms with Crippen molar-refractivity contribution in [2.75, 3.05) is 32.6 Å². The highest BCUT2D eigenvalue weighted by Crippen LogP contribution is 2.32. The summed E-state index contributed by atoms with van der Waals surface area (Å²) in [7, 11) is 3.21. The van der Waals surface area contributed by atoms with Crippen LogP contribution in [0.4, 0.5) is 11.4 Å². The van der Waals surface area contributed by atoms with Gasteiger partial charge >= 0.3 is 0 Å². The molecule has 1 aliphatic rings. The smallest absolute Gasteiger partial charge is 0.294 e. The first-order chi connectivity index (χ1) is 13.9. The van der Waals surface area contributed by atoms with Gasteiger partial charge in [-0.15, -0.1) is 0 Å². The molecule has 1 fully saturated rings. The van der Waals surface area contributed by atoms with Gasteiger partial charge in [0.1, 0.15) is 23.2 Å². The highest BCUT2D eigenvalue weighted by Gasteiger charge is 2.34. The number of likely N-dealkylation sites (tertiary alicyclic amines) is 1. The Hall–Kier alpha value is -2.84.